The molecule has 0 fully saturated rings. The van der Waals surface area contributed by atoms with E-state index in [9.17, 15) is 18.0 Å². The summed E-state index contributed by atoms with van der Waals surface area (Å²) in [5, 5.41) is 3.88. The molecule has 0 saturated carbocycles. The Morgan fingerprint density at radius 1 is 1.03 bits per heavy atom. The molecule has 0 spiro atoms. The molecule has 11 heteroatoms. The van der Waals surface area contributed by atoms with E-state index in [0.29, 0.717) is 31.9 Å². The van der Waals surface area contributed by atoms with Gasteiger partial charge in [0.25, 0.3) is 0 Å². The van der Waals surface area contributed by atoms with Crippen LogP contribution in [0.5, 0.6) is 0 Å². The lowest BCUT2D eigenvalue weighted by Crippen LogP contribution is -2.52. The highest BCUT2D eigenvalue weighted by atomic mass is 35.5. The summed E-state index contributed by atoms with van der Waals surface area (Å²) in [6.07, 6.45) is 1.01. The van der Waals surface area contributed by atoms with Gasteiger partial charge in [0.15, 0.2) is 0 Å². The summed E-state index contributed by atoms with van der Waals surface area (Å²) in [4.78, 5) is 27.6. The highest BCUT2D eigenvalue weighted by molar-refractivity contribution is 7.92. The van der Waals surface area contributed by atoms with Crippen molar-refractivity contribution in [3.05, 3.63) is 62.6 Å². The Balaban J connectivity index is 2.49. The number of anilines is 1. The summed E-state index contributed by atoms with van der Waals surface area (Å²) in [7, 11) is -3.85. The van der Waals surface area contributed by atoms with Crippen LogP contribution in [0.4, 0.5) is 5.69 Å². The van der Waals surface area contributed by atoms with Gasteiger partial charge in [-0.15, -0.1) is 0 Å². The van der Waals surface area contributed by atoms with Gasteiger partial charge in [0.1, 0.15) is 12.6 Å². The van der Waals surface area contributed by atoms with Crippen LogP contribution < -0.4 is 9.62 Å². The summed E-state index contributed by atoms with van der Waals surface area (Å²) in [6, 6.07) is 8.55. The van der Waals surface area contributed by atoms with Gasteiger partial charge in [0.2, 0.25) is 21.8 Å². The first-order valence-electron chi connectivity index (χ1n) is 10.5. The molecule has 2 rings (SSSR count). The highest BCUT2D eigenvalue weighted by Gasteiger charge is 2.31. The first-order chi connectivity index (χ1) is 15.7. The van der Waals surface area contributed by atoms with Crippen LogP contribution >= 0.6 is 34.8 Å². The van der Waals surface area contributed by atoms with Gasteiger partial charge in [0.05, 0.1) is 11.9 Å². The van der Waals surface area contributed by atoms with Crippen LogP contribution in [0, 0.1) is 6.92 Å². The Morgan fingerprint density at radius 2 is 1.62 bits per heavy atom. The average molecular weight is 549 g/mol. The van der Waals surface area contributed by atoms with Crippen molar-refractivity contribution in [1.82, 2.24) is 10.2 Å². The maximum absolute atomic E-state index is 13.5. The number of hydrogen-bond acceptors (Lipinski definition) is 4. The minimum absolute atomic E-state index is 0.0821. The molecule has 0 heterocycles. The van der Waals surface area contributed by atoms with Crippen molar-refractivity contribution < 1.29 is 18.0 Å². The van der Waals surface area contributed by atoms with E-state index in [1.807, 2.05) is 0 Å². The Labute approximate surface area is 216 Å². The van der Waals surface area contributed by atoms with Gasteiger partial charge in [0, 0.05) is 33.2 Å². The fraction of sp³-hybridized carbons (Fsp3) is 0.391. The minimum atomic E-state index is -3.85. The molecule has 2 aromatic carbocycles. The summed E-state index contributed by atoms with van der Waals surface area (Å²) in [5.41, 5.74) is 1.35. The van der Waals surface area contributed by atoms with Crippen LogP contribution in [0.3, 0.4) is 0 Å². The molecule has 2 aromatic rings. The van der Waals surface area contributed by atoms with Gasteiger partial charge in [-0.1, -0.05) is 40.9 Å². The summed E-state index contributed by atoms with van der Waals surface area (Å²) in [6.45, 7) is 6.26. The van der Waals surface area contributed by atoms with E-state index >= 15 is 0 Å². The normalized spacial score (nSPS) is 12.4. The quantitative estimate of drug-likeness (QED) is 0.494. The second-order valence-electron chi connectivity index (χ2n) is 8.26. The molecule has 0 aliphatic heterocycles. The van der Waals surface area contributed by atoms with Gasteiger partial charge >= 0.3 is 0 Å². The van der Waals surface area contributed by atoms with Crippen LogP contribution in [0.2, 0.25) is 15.1 Å². The molecule has 34 heavy (non-hydrogen) atoms. The van der Waals surface area contributed by atoms with E-state index in [1.54, 1.807) is 58.0 Å². The number of aryl methyl sites for hydroxylation is 1. The molecule has 1 atom stereocenters. The number of sulfonamides is 1. The number of nitrogens with zero attached hydrogens (tertiary/aromatic N) is 2. The Kier molecular flexibility index (Phi) is 9.65. The number of nitrogens with one attached hydrogen (secondary N) is 1. The number of amides is 2. The van der Waals surface area contributed by atoms with Crippen molar-refractivity contribution in [2.75, 3.05) is 17.1 Å². The van der Waals surface area contributed by atoms with Crippen LogP contribution in [-0.4, -0.2) is 50.0 Å². The van der Waals surface area contributed by atoms with Crippen molar-refractivity contribution in [2.45, 2.75) is 46.3 Å². The zero-order chi connectivity index (χ0) is 25.8. The number of carbonyl (C=O) groups excluding carboxylic acids is 2. The summed E-state index contributed by atoms with van der Waals surface area (Å²) in [5.74, 6) is -0.984. The molecule has 0 saturated heterocycles. The molecule has 186 valence electrons. The van der Waals surface area contributed by atoms with E-state index in [2.05, 4.69) is 5.32 Å². The molecular weight excluding hydrogens is 521 g/mol. The van der Waals surface area contributed by atoms with Gasteiger partial charge < -0.3 is 10.2 Å². The van der Waals surface area contributed by atoms with Crippen molar-refractivity contribution in [2.24, 2.45) is 0 Å². The lowest BCUT2D eigenvalue weighted by molar-refractivity contribution is -0.139. The Morgan fingerprint density at radius 3 is 2.12 bits per heavy atom. The summed E-state index contributed by atoms with van der Waals surface area (Å²) >= 11 is 18.6. The van der Waals surface area contributed by atoms with Gasteiger partial charge in [-0.25, -0.2) is 8.42 Å². The number of benzene rings is 2. The molecule has 0 aliphatic rings. The minimum Gasteiger partial charge on any atom is -0.352 e. The van der Waals surface area contributed by atoms with E-state index in [0.717, 1.165) is 10.6 Å². The number of rotatable bonds is 9. The molecule has 0 bridgehead atoms. The molecule has 1 unspecified atom stereocenters. The molecule has 0 aromatic heterocycles. The van der Waals surface area contributed by atoms with E-state index in [-0.39, 0.29) is 18.5 Å². The maximum atomic E-state index is 13.5. The van der Waals surface area contributed by atoms with Crippen LogP contribution in [0.15, 0.2) is 36.4 Å². The second-order valence-corrected chi connectivity index (χ2v) is 11.4. The maximum Gasteiger partial charge on any atom is 0.244 e. The third-order valence-electron chi connectivity index (χ3n) is 5.10. The predicted molar refractivity (Wildman–Crippen MR) is 138 cm³/mol. The second kappa shape index (κ2) is 11.6. The lowest BCUT2D eigenvalue weighted by Gasteiger charge is -2.32. The van der Waals surface area contributed by atoms with Gasteiger partial charge in [-0.3, -0.25) is 13.9 Å². The third kappa shape index (κ3) is 7.25. The standard InChI is InChI=1S/C23H28Cl3N3O4S/c1-14(2)27-23(31)16(4)28(12-18-19(25)7-6-8-20(18)26)22(30)13-29(34(5,32)33)21-10-9-17(24)11-15(21)3/h6-11,14,16H,12-13H2,1-5H3,(H,27,31). The Bertz CT molecular complexity index is 1150. The smallest absolute Gasteiger partial charge is 0.244 e. The zero-order valence-corrected chi connectivity index (χ0v) is 22.7. The fourth-order valence-corrected chi connectivity index (χ4v) is 4.99. The van der Waals surface area contributed by atoms with Crippen molar-refractivity contribution in [1.29, 1.82) is 0 Å². The molecular formula is C23H28Cl3N3O4S. The average Bonchev–Trinajstić information content (AvgIpc) is 2.70. The SMILES string of the molecule is Cc1cc(Cl)ccc1N(CC(=O)N(Cc1c(Cl)cccc1Cl)C(C)C(=O)NC(C)C)S(C)(=O)=O. The number of halogens is 3. The van der Waals surface area contributed by atoms with Crippen molar-refractivity contribution >= 4 is 62.3 Å². The van der Waals surface area contributed by atoms with Crippen LogP contribution in [0.25, 0.3) is 0 Å². The molecule has 2 amide bonds. The van der Waals surface area contributed by atoms with Crippen molar-refractivity contribution in [3.8, 4) is 0 Å². The number of hydrogen-bond donors (Lipinski definition) is 1. The van der Waals surface area contributed by atoms with Gasteiger partial charge in [-0.2, -0.15) is 0 Å². The first kappa shape index (κ1) is 28.2. The molecule has 0 aliphatic carbocycles. The predicted octanol–water partition coefficient (Wildman–Crippen LogP) is 4.66. The molecule has 1 N–H and O–H groups in total. The molecule has 7 nitrogen and oxygen atoms in total. The van der Waals surface area contributed by atoms with E-state index < -0.39 is 28.5 Å². The monoisotopic (exact) mass is 547 g/mol. The fourth-order valence-electron chi connectivity index (χ4n) is 3.33. The summed E-state index contributed by atoms with van der Waals surface area (Å²) < 4.78 is 26.3. The highest BCUT2D eigenvalue weighted by Crippen LogP contribution is 2.28. The lowest BCUT2D eigenvalue weighted by atomic mass is 10.1. The largest absolute Gasteiger partial charge is 0.352 e. The number of carbonyl (C=O) groups is 2. The topological polar surface area (TPSA) is 86.8 Å². The van der Waals surface area contributed by atoms with Crippen LogP contribution in [-0.2, 0) is 26.2 Å². The van der Waals surface area contributed by atoms with Crippen molar-refractivity contribution in [3.63, 3.8) is 0 Å². The Hall–Kier alpha value is -2.00. The zero-order valence-electron chi connectivity index (χ0n) is 19.6. The first-order valence-corrected chi connectivity index (χ1v) is 13.5. The third-order valence-corrected chi connectivity index (χ3v) is 7.16. The molecule has 0 radical (unpaired) electrons. The van der Waals surface area contributed by atoms with Gasteiger partial charge in [-0.05, 0) is 63.6 Å². The van der Waals surface area contributed by atoms with E-state index in [1.165, 1.54) is 11.0 Å². The van der Waals surface area contributed by atoms with E-state index in [4.69, 9.17) is 34.8 Å². The van der Waals surface area contributed by atoms with Crippen LogP contribution in [0.1, 0.15) is 31.9 Å².